The number of carbonyl (C=O) groups is 2. The van der Waals surface area contributed by atoms with E-state index in [9.17, 15) is 19.7 Å². The lowest BCUT2D eigenvalue weighted by Gasteiger charge is -2.15. The summed E-state index contributed by atoms with van der Waals surface area (Å²) < 4.78 is 0. The molecule has 0 aliphatic carbocycles. The van der Waals surface area contributed by atoms with Crippen LogP contribution in [0.4, 0.5) is 17.1 Å². The molecule has 3 aromatic rings. The highest BCUT2D eigenvalue weighted by Crippen LogP contribution is 2.40. The van der Waals surface area contributed by atoms with E-state index in [0.717, 1.165) is 17.1 Å². The lowest BCUT2D eigenvalue weighted by atomic mass is 10.0. The van der Waals surface area contributed by atoms with E-state index in [2.05, 4.69) is 5.32 Å². The second-order valence-corrected chi connectivity index (χ2v) is 6.69. The maximum atomic E-state index is 12.7. The van der Waals surface area contributed by atoms with Crippen LogP contribution >= 0.6 is 11.6 Å². The number of benzene rings is 3. The van der Waals surface area contributed by atoms with E-state index in [1.54, 1.807) is 29.2 Å². The van der Waals surface area contributed by atoms with Crippen molar-refractivity contribution in [3.8, 4) is 0 Å². The molecule has 0 bridgehead atoms. The second kappa shape index (κ2) is 6.61. The third-order valence-corrected chi connectivity index (χ3v) is 5.08. The molecule has 0 aromatic heterocycles. The Kier molecular flexibility index (Phi) is 4.24. The fourth-order valence-corrected chi connectivity index (χ4v) is 3.66. The minimum Gasteiger partial charge on any atom is -0.321 e. The average molecular weight is 396 g/mol. The molecular weight excluding hydrogens is 382 g/mol. The molecule has 0 saturated carbocycles. The molecule has 2 amide bonds. The van der Waals surface area contributed by atoms with E-state index in [1.807, 2.05) is 13.0 Å². The number of nitro benzene ring substituents is 1. The largest absolute Gasteiger partial charge is 0.321 e. The Morgan fingerprint density at radius 1 is 1.21 bits per heavy atom. The third kappa shape index (κ3) is 2.68. The monoisotopic (exact) mass is 395 g/mol. The number of rotatable bonds is 4. The number of hydrogen-bond acceptors (Lipinski definition) is 4. The first-order valence-corrected chi connectivity index (χ1v) is 8.93. The van der Waals surface area contributed by atoms with Gasteiger partial charge in [-0.05, 0) is 31.2 Å². The van der Waals surface area contributed by atoms with Crippen LogP contribution in [0.25, 0.3) is 10.8 Å². The normalized spacial score (nSPS) is 12.5. The van der Waals surface area contributed by atoms with Crippen LogP contribution < -0.4 is 10.2 Å². The first-order chi connectivity index (χ1) is 13.4. The van der Waals surface area contributed by atoms with Crippen molar-refractivity contribution in [3.63, 3.8) is 0 Å². The van der Waals surface area contributed by atoms with Gasteiger partial charge < -0.3 is 10.2 Å². The molecule has 4 rings (SSSR count). The highest BCUT2D eigenvalue weighted by atomic mass is 35.5. The van der Waals surface area contributed by atoms with Gasteiger partial charge in [-0.15, -0.1) is 0 Å². The van der Waals surface area contributed by atoms with Crippen LogP contribution in [0.2, 0.25) is 5.02 Å². The van der Waals surface area contributed by atoms with Gasteiger partial charge in [0.1, 0.15) is 0 Å². The van der Waals surface area contributed by atoms with Gasteiger partial charge >= 0.3 is 0 Å². The molecule has 1 aliphatic heterocycles. The summed E-state index contributed by atoms with van der Waals surface area (Å²) in [6, 6.07) is 12.5. The summed E-state index contributed by atoms with van der Waals surface area (Å²) in [5, 5.41) is 15.4. The molecule has 28 heavy (non-hydrogen) atoms. The van der Waals surface area contributed by atoms with Crippen LogP contribution in [0, 0.1) is 10.1 Å². The van der Waals surface area contributed by atoms with Crippen LogP contribution in [0.15, 0.2) is 48.5 Å². The molecule has 0 radical (unpaired) electrons. The molecule has 0 fully saturated rings. The van der Waals surface area contributed by atoms with Crippen molar-refractivity contribution in [2.75, 3.05) is 16.8 Å². The number of nitrogens with zero attached hydrogens (tertiary/aromatic N) is 2. The lowest BCUT2D eigenvalue weighted by Crippen LogP contribution is -2.25. The van der Waals surface area contributed by atoms with E-state index in [4.69, 9.17) is 11.6 Å². The standard InChI is InChI=1S/C20H14ClN3O4/c1-2-23-17-9-8-16(12-4-3-5-13(18(12)17)20(23)26)22-19(25)14-10-11(24(27)28)6-7-15(14)21/h3-10H,2H2,1H3,(H,22,25). The summed E-state index contributed by atoms with van der Waals surface area (Å²) >= 11 is 6.06. The van der Waals surface area contributed by atoms with Gasteiger partial charge in [0.15, 0.2) is 0 Å². The maximum Gasteiger partial charge on any atom is 0.270 e. The zero-order valence-electron chi connectivity index (χ0n) is 14.7. The summed E-state index contributed by atoms with van der Waals surface area (Å²) in [6.45, 7) is 2.44. The summed E-state index contributed by atoms with van der Waals surface area (Å²) in [6.07, 6.45) is 0. The smallest absolute Gasteiger partial charge is 0.270 e. The van der Waals surface area contributed by atoms with Crippen molar-refractivity contribution in [3.05, 3.63) is 74.8 Å². The molecule has 7 nitrogen and oxygen atoms in total. The van der Waals surface area contributed by atoms with Gasteiger partial charge in [-0.2, -0.15) is 0 Å². The van der Waals surface area contributed by atoms with Crippen molar-refractivity contribution in [1.29, 1.82) is 0 Å². The van der Waals surface area contributed by atoms with Gasteiger partial charge in [0.25, 0.3) is 17.5 Å². The predicted molar refractivity (Wildman–Crippen MR) is 107 cm³/mol. The number of amides is 2. The van der Waals surface area contributed by atoms with Crippen molar-refractivity contribution in [2.45, 2.75) is 6.92 Å². The fourth-order valence-electron chi connectivity index (χ4n) is 3.46. The Morgan fingerprint density at radius 2 is 2.00 bits per heavy atom. The van der Waals surface area contributed by atoms with Gasteiger partial charge in [0, 0.05) is 40.7 Å². The number of nitrogens with one attached hydrogen (secondary N) is 1. The van der Waals surface area contributed by atoms with E-state index >= 15 is 0 Å². The van der Waals surface area contributed by atoms with Crippen molar-refractivity contribution in [2.24, 2.45) is 0 Å². The van der Waals surface area contributed by atoms with Gasteiger partial charge in [0.2, 0.25) is 0 Å². The molecule has 0 saturated heterocycles. The van der Waals surface area contributed by atoms with Crippen LogP contribution in [0.1, 0.15) is 27.6 Å². The van der Waals surface area contributed by atoms with Crippen LogP contribution in [0.3, 0.4) is 0 Å². The highest BCUT2D eigenvalue weighted by Gasteiger charge is 2.29. The van der Waals surface area contributed by atoms with Crippen molar-refractivity contribution < 1.29 is 14.5 Å². The highest BCUT2D eigenvalue weighted by molar-refractivity contribution is 6.35. The Balaban J connectivity index is 1.78. The molecule has 1 N–H and O–H groups in total. The molecule has 0 unspecified atom stereocenters. The lowest BCUT2D eigenvalue weighted by molar-refractivity contribution is -0.384. The predicted octanol–water partition coefficient (Wildman–Crippen LogP) is 4.63. The number of carbonyl (C=O) groups excluding carboxylic acids is 2. The molecule has 0 atom stereocenters. The van der Waals surface area contributed by atoms with Crippen LogP contribution in [-0.2, 0) is 0 Å². The summed E-state index contributed by atoms with van der Waals surface area (Å²) in [5.74, 6) is -0.639. The number of halogens is 1. The minimum absolute atomic E-state index is 0.00498. The first kappa shape index (κ1) is 17.9. The number of anilines is 2. The Bertz CT molecular complexity index is 1180. The number of hydrogen-bond donors (Lipinski definition) is 1. The SMILES string of the molecule is CCN1C(=O)c2cccc3c(NC(=O)c4cc([N+](=O)[O-])ccc4Cl)ccc1c23. The van der Waals surface area contributed by atoms with Crippen LogP contribution in [-0.4, -0.2) is 23.3 Å². The van der Waals surface area contributed by atoms with Gasteiger partial charge in [-0.25, -0.2) is 0 Å². The average Bonchev–Trinajstić information content (AvgIpc) is 2.96. The number of nitro groups is 1. The maximum absolute atomic E-state index is 12.7. The van der Waals surface area contributed by atoms with Gasteiger partial charge in [0.05, 0.1) is 21.2 Å². The van der Waals surface area contributed by atoms with E-state index < -0.39 is 10.8 Å². The van der Waals surface area contributed by atoms with E-state index in [-0.39, 0.29) is 22.2 Å². The molecule has 3 aromatic carbocycles. The number of non-ortho nitro benzene ring substituents is 1. The molecule has 1 heterocycles. The van der Waals surface area contributed by atoms with E-state index in [0.29, 0.717) is 23.2 Å². The van der Waals surface area contributed by atoms with Crippen LogP contribution in [0.5, 0.6) is 0 Å². The zero-order chi connectivity index (χ0) is 20.0. The summed E-state index contributed by atoms with van der Waals surface area (Å²) in [5.41, 5.74) is 1.66. The van der Waals surface area contributed by atoms with Crippen molar-refractivity contribution >= 4 is 51.2 Å². The Labute approximate surface area is 164 Å². The molecule has 140 valence electrons. The van der Waals surface area contributed by atoms with Crippen molar-refractivity contribution in [1.82, 2.24) is 0 Å². The third-order valence-electron chi connectivity index (χ3n) is 4.75. The zero-order valence-corrected chi connectivity index (χ0v) is 15.5. The first-order valence-electron chi connectivity index (χ1n) is 8.55. The summed E-state index contributed by atoms with van der Waals surface area (Å²) in [7, 11) is 0. The fraction of sp³-hybridized carbons (Fsp3) is 0.100. The molecule has 8 heteroatoms. The quantitative estimate of drug-likeness (QED) is 0.514. The molecule has 1 aliphatic rings. The molecule has 0 spiro atoms. The Morgan fingerprint density at radius 3 is 2.71 bits per heavy atom. The van der Waals surface area contributed by atoms with Gasteiger partial charge in [-0.1, -0.05) is 23.7 Å². The molecular formula is C20H14ClN3O4. The van der Waals surface area contributed by atoms with Gasteiger partial charge in [-0.3, -0.25) is 19.7 Å². The second-order valence-electron chi connectivity index (χ2n) is 6.29. The van der Waals surface area contributed by atoms with E-state index in [1.165, 1.54) is 12.1 Å². The summed E-state index contributed by atoms with van der Waals surface area (Å²) in [4.78, 5) is 37.4. The topological polar surface area (TPSA) is 92.6 Å². The minimum atomic E-state index is -0.586. The Hall–Kier alpha value is -3.45.